The Morgan fingerprint density at radius 2 is 2.28 bits per heavy atom. The second-order valence-electron chi connectivity index (χ2n) is 4.00. The van der Waals surface area contributed by atoms with E-state index in [-0.39, 0.29) is 6.61 Å². The molecular formula is C12H16N4OS+2. The third-order valence-corrected chi connectivity index (χ3v) is 3.80. The predicted molar refractivity (Wildman–Crippen MR) is 72.8 cm³/mol. The maximum atomic E-state index is 8.96. The van der Waals surface area contributed by atoms with Crippen molar-refractivity contribution in [1.29, 1.82) is 0 Å². The molecule has 0 bridgehead atoms. The van der Waals surface area contributed by atoms with Crippen LogP contribution in [0, 0.1) is 6.92 Å². The molecule has 0 aromatic carbocycles. The van der Waals surface area contributed by atoms with Crippen molar-refractivity contribution in [2.24, 2.45) is 9.98 Å². The van der Waals surface area contributed by atoms with Gasteiger partial charge in [-0.15, -0.1) is 0 Å². The first-order valence-corrected chi connectivity index (χ1v) is 6.52. The number of aromatic nitrogens is 1. The van der Waals surface area contributed by atoms with Crippen LogP contribution >= 0.6 is 11.3 Å². The first-order valence-electron chi connectivity index (χ1n) is 5.64. The highest BCUT2D eigenvalue weighted by Crippen LogP contribution is 2.12. The summed E-state index contributed by atoms with van der Waals surface area (Å²) in [6, 6.07) is 0. The maximum Gasteiger partial charge on any atom is 0.331 e. The number of hydrogen-bond acceptors (Lipinski definition) is 3. The summed E-state index contributed by atoms with van der Waals surface area (Å²) in [4.78, 5) is 9.43. The Kier molecular flexibility index (Phi) is 3.78. The second kappa shape index (κ2) is 5.32. The Labute approximate surface area is 109 Å². The highest BCUT2D eigenvalue weighted by atomic mass is 32.1. The van der Waals surface area contributed by atoms with Gasteiger partial charge < -0.3 is 5.11 Å². The van der Waals surface area contributed by atoms with Crippen molar-refractivity contribution in [2.45, 2.75) is 20.3 Å². The van der Waals surface area contributed by atoms with Crippen molar-refractivity contribution in [3.05, 3.63) is 21.7 Å². The van der Waals surface area contributed by atoms with Crippen molar-refractivity contribution in [1.82, 2.24) is 0 Å². The number of nitrogens with zero attached hydrogens (tertiary/aromatic N) is 3. The molecule has 0 unspecified atom stereocenters. The summed E-state index contributed by atoms with van der Waals surface area (Å²) in [6.45, 7) is 3.99. The van der Waals surface area contributed by atoms with E-state index in [1.165, 1.54) is 4.88 Å². The molecule has 2 rings (SSSR count). The fraction of sp³-hybridized carbons (Fsp3) is 0.333. The van der Waals surface area contributed by atoms with E-state index in [1.807, 2.05) is 30.1 Å². The Balaban J connectivity index is 2.29. The molecule has 6 heteroatoms. The van der Waals surface area contributed by atoms with Gasteiger partial charge in [0.05, 0.1) is 11.1 Å². The topological polar surface area (TPSA) is 74.4 Å². The first kappa shape index (κ1) is 12.8. The lowest BCUT2D eigenvalue weighted by atomic mass is 10.2. The SMILES string of the molecule is CC1=NC(=[NH2+])/C(=C\[n+]2csc(CCO)c2C)C=N1. The number of aliphatic hydroxyl groups excluding tert-OH is 1. The van der Waals surface area contributed by atoms with Gasteiger partial charge in [0.1, 0.15) is 5.57 Å². The van der Waals surface area contributed by atoms with Gasteiger partial charge in [-0.3, -0.25) is 5.41 Å². The highest BCUT2D eigenvalue weighted by Gasteiger charge is 2.21. The third kappa shape index (κ3) is 2.60. The van der Waals surface area contributed by atoms with Crippen molar-refractivity contribution in [3.63, 3.8) is 0 Å². The molecule has 0 fully saturated rings. The molecule has 0 atom stereocenters. The Morgan fingerprint density at radius 3 is 2.94 bits per heavy atom. The third-order valence-electron chi connectivity index (χ3n) is 2.68. The van der Waals surface area contributed by atoms with Gasteiger partial charge in [-0.25, -0.2) is 4.99 Å². The van der Waals surface area contributed by atoms with E-state index in [9.17, 15) is 0 Å². The average molecular weight is 264 g/mol. The molecule has 0 saturated carbocycles. The number of rotatable bonds is 3. The van der Waals surface area contributed by atoms with Crippen LogP contribution in [0.1, 0.15) is 17.5 Å². The van der Waals surface area contributed by atoms with E-state index in [0.29, 0.717) is 18.1 Å². The Hall–Kier alpha value is -1.66. The smallest absolute Gasteiger partial charge is 0.331 e. The summed E-state index contributed by atoms with van der Waals surface area (Å²) >= 11 is 1.62. The molecule has 1 aromatic heterocycles. The number of thiazole rings is 1. The molecule has 1 aliphatic rings. The fourth-order valence-electron chi connectivity index (χ4n) is 1.64. The largest absolute Gasteiger partial charge is 0.396 e. The molecule has 0 spiro atoms. The second-order valence-corrected chi connectivity index (χ2v) is 4.94. The van der Waals surface area contributed by atoms with Crippen molar-refractivity contribution in [2.75, 3.05) is 6.61 Å². The number of nitrogens with two attached hydrogens (primary N) is 1. The van der Waals surface area contributed by atoms with Gasteiger partial charge in [0.15, 0.2) is 11.9 Å². The van der Waals surface area contributed by atoms with Crippen molar-refractivity contribution < 1.29 is 15.1 Å². The zero-order valence-electron chi connectivity index (χ0n) is 10.4. The molecule has 2 heterocycles. The van der Waals surface area contributed by atoms with Gasteiger partial charge in [0.25, 0.3) is 0 Å². The molecule has 18 heavy (non-hydrogen) atoms. The Bertz CT molecular complexity index is 569. The summed E-state index contributed by atoms with van der Waals surface area (Å²) < 4.78 is 1.99. The van der Waals surface area contributed by atoms with E-state index >= 15 is 0 Å². The minimum atomic E-state index is 0.164. The standard InChI is InChI=1S/C12H15N4OS/c1-8-11(3-4-17)18-7-16(8)6-10-5-14-9(2)15-12(10)13/h5-7,13,17H,3-4H2,1-2H3/q+1/p+1/b10-6-,13-12?. The molecule has 1 aromatic rings. The fourth-order valence-corrected chi connectivity index (χ4v) is 2.59. The van der Waals surface area contributed by atoms with Gasteiger partial charge in [0, 0.05) is 26.9 Å². The number of aliphatic hydroxyl groups is 1. The van der Waals surface area contributed by atoms with Crippen LogP contribution in [0.15, 0.2) is 21.1 Å². The number of hydrogen-bond donors (Lipinski definition) is 2. The average Bonchev–Trinajstić information content (AvgIpc) is 2.66. The van der Waals surface area contributed by atoms with Crippen molar-refractivity contribution >= 4 is 35.4 Å². The number of amidine groups is 2. The summed E-state index contributed by atoms with van der Waals surface area (Å²) in [7, 11) is 0. The number of aliphatic imine (C=N–C) groups is 2. The van der Waals surface area contributed by atoms with E-state index in [0.717, 1.165) is 11.3 Å². The lowest BCUT2D eigenvalue weighted by molar-refractivity contribution is -0.570. The van der Waals surface area contributed by atoms with Crippen LogP contribution < -0.4 is 9.98 Å². The zero-order valence-corrected chi connectivity index (χ0v) is 11.2. The summed E-state index contributed by atoms with van der Waals surface area (Å²) in [5.41, 5.74) is 3.88. The summed E-state index contributed by atoms with van der Waals surface area (Å²) in [6.07, 6.45) is 4.30. The quantitative estimate of drug-likeness (QED) is 0.702. The molecule has 0 saturated heterocycles. The normalized spacial score (nSPS) is 17.4. The predicted octanol–water partition coefficient (Wildman–Crippen LogP) is -0.620. The van der Waals surface area contributed by atoms with Crippen LogP contribution in [0.3, 0.4) is 0 Å². The van der Waals surface area contributed by atoms with Crippen LogP contribution in [-0.2, 0) is 6.42 Å². The molecular weight excluding hydrogens is 248 g/mol. The van der Waals surface area contributed by atoms with Crippen LogP contribution in [0.2, 0.25) is 0 Å². The minimum Gasteiger partial charge on any atom is -0.396 e. The monoisotopic (exact) mass is 264 g/mol. The molecule has 0 amide bonds. The van der Waals surface area contributed by atoms with E-state index in [2.05, 4.69) is 9.98 Å². The van der Waals surface area contributed by atoms with Crippen LogP contribution in [0.4, 0.5) is 0 Å². The molecule has 5 nitrogen and oxygen atoms in total. The van der Waals surface area contributed by atoms with E-state index in [1.54, 1.807) is 17.6 Å². The molecule has 1 aliphatic heterocycles. The maximum absolute atomic E-state index is 8.96. The summed E-state index contributed by atoms with van der Waals surface area (Å²) in [5.74, 6) is 1.14. The van der Waals surface area contributed by atoms with Gasteiger partial charge >= 0.3 is 5.84 Å². The van der Waals surface area contributed by atoms with Gasteiger partial charge in [0.2, 0.25) is 11.3 Å². The molecule has 94 valence electrons. The van der Waals surface area contributed by atoms with Gasteiger partial charge in [-0.2, -0.15) is 4.57 Å². The van der Waals surface area contributed by atoms with Crippen LogP contribution in [0.25, 0.3) is 6.20 Å². The lowest BCUT2D eigenvalue weighted by Crippen LogP contribution is -2.42. The highest BCUT2D eigenvalue weighted by molar-refractivity contribution is 7.09. The van der Waals surface area contributed by atoms with Gasteiger partial charge in [-0.05, 0) is 4.99 Å². The lowest BCUT2D eigenvalue weighted by Gasteiger charge is -1.96. The van der Waals surface area contributed by atoms with Gasteiger partial charge in [-0.1, -0.05) is 11.3 Å². The minimum absolute atomic E-state index is 0.164. The van der Waals surface area contributed by atoms with Crippen LogP contribution in [-0.4, -0.2) is 29.6 Å². The van der Waals surface area contributed by atoms with E-state index in [4.69, 9.17) is 10.5 Å². The van der Waals surface area contributed by atoms with Crippen molar-refractivity contribution in [3.8, 4) is 0 Å². The summed E-state index contributed by atoms with van der Waals surface area (Å²) in [5, 5.41) is 14.8. The zero-order chi connectivity index (χ0) is 13.1. The van der Waals surface area contributed by atoms with E-state index < -0.39 is 0 Å². The molecule has 0 aliphatic carbocycles. The van der Waals surface area contributed by atoms with Crippen LogP contribution in [0.5, 0.6) is 0 Å². The first-order chi connectivity index (χ1) is 8.61. The molecule has 0 radical (unpaired) electrons. The Morgan fingerprint density at radius 1 is 1.50 bits per heavy atom. The molecule has 3 N–H and O–H groups in total.